The van der Waals surface area contributed by atoms with Crippen molar-refractivity contribution in [2.45, 2.75) is 46.6 Å². The van der Waals surface area contributed by atoms with Gasteiger partial charge < -0.3 is 15.2 Å². The number of fused-ring (bicyclic) bond motifs is 1. The normalized spacial score (nSPS) is 14.1. The van der Waals surface area contributed by atoms with Crippen LogP contribution < -0.4 is 10.4 Å². The number of aryl methyl sites for hydroxylation is 2. The summed E-state index contributed by atoms with van der Waals surface area (Å²) in [5, 5.41) is 15.3. The minimum Gasteiger partial charge on any atom is -0.548 e. The standard InChI is InChI=1S/C15H21N3O2S/c1-5-8(3)12(15(19)20)18-13-11-7-10(6-2)21-14(11)17-9(4)16-13/h7-8,12H,5-6H2,1-4H3,(H,19,20)(H,16,17,18)/p-1/t8-,12-/m1/s1. The number of nitrogens with one attached hydrogen (secondary N) is 1. The van der Waals surface area contributed by atoms with Crippen molar-refractivity contribution in [3.63, 3.8) is 0 Å². The fourth-order valence-electron chi connectivity index (χ4n) is 2.18. The molecule has 0 amide bonds. The average molecular weight is 306 g/mol. The molecule has 0 fully saturated rings. The molecule has 1 N–H and O–H groups in total. The molecule has 2 aromatic rings. The second-order valence-corrected chi connectivity index (χ2v) is 6.35. The molecule has 2 rings (SSSR count). The van der Waals surface area contributed by atoms with Gasteiger partial charge in [-0.25, -0.2) is 9.97 Å². The molecule has 0 aliphatic rings. The van der Waals surface area contributed by atoms with Crippen LogP contribution in [0.15, 0.2) is 6.07 Å². The maximum Gasteiger partial charge on any atom is 0.139 e. The molecular weight excluding hydrogens is 286 g/mol. The van der Waals surface area contributed by atoms with Gasteiger partial charge in [0.15, 0.2) is 0 Å². The fourth-order valence-corrected chi connectivity index (χ4v) is 3.19. The Morgan fingerprint density at radius 1 is 1.43 bits per heavy atom. The maximum absolute atomic E-state index is 11.4. The number of carboxylic acid groups (broad SMARTS) is 1. The smallest absolute Gasteiger partial charge is 0.139 e. The molecular formula is C15H20N3O2S-. The summed E-state index contributed by atoms with van der Waals surface area (Å²) >= 11 is 1.62. The van der Waals surface area contributed by atoms with E-state index >= 15 is 0 Å². The number of thiophene rings is 1. The van der Waals surface area contributed by atoms with Crippen LogP contribution >= 0.6 is 11.3 Å². The van der Waals surface area contributed by atoms with Gasteiger partial charge in [-0.15, -0.1) is 11.3 Å². The lowest BCUT2D eigenvalue weighted by atomic mass is 9.99. The van der Waals surface area contributed by atoms with Crippen molar-refractivity contribution >= 4 is 33.3 Å². The Hall–Kier alpha value is -1.69. The molecule has 0 saturated heterocycles. The van der Waals surface area contributed by atoms with E-state index in [1.807, 2.05) is 26.8 Å². The lowest BCUT2D eigenvalue weighted by Crippen LogP contribution is -2.45. The van der Waals surface area contributed by atoms with Crippen LogP contribution in [0.5, 0.6) is 0 Å². The molecule has 114 valence electrons. The van der Waals surface area contributed by atoms with E-state index in [9.17, 15) is 9.90 Å². The van der Waals surface area contributed by atoms with Gasteiger partial charge in [0.05, 0.1) is 17.4 Å². The van der Waals surface area contributed by atoms with Gasteiger partial charge in [0.25, 0.3) is 0 Å². The minimum atomic E-state index is -1.10. The van der Waals surface area contributed by atoms with Crippen molar-refractivity contribution in [1.82, 2.24) is 9.97 Å². The summed E-state index contributed by atoms with van der Waals surface area (Å²) in [6, 6.07) is 1.28. The highest BCUT2D eigenvalue weighted by Crippen LogP contribution is 2.30. The van der Waals surface area contributed by atoms with E-state index in [0.717, 1.165) is 23.1 Å². The van der Waals surface area contributed by atoms with Gasteiger partial charge in [-0.1, -0.05) is 27.2 Å². The number of hydrogen-bond donors (Lipinski definition) is 1. The first-order valence-electron chi connectivity index (χ1n) is 7.20. The van der Waals surface area contributed by atoms with Crippen molar-refractivity contribution in [3.8, 4) is 0 Å². The first kappa shape index (κ1) is 15.7. The number of anilines is 1. The van der Waals surface area contributed by atoms with Gasteiger partial charge in [-0.3, -0.25) is 0 Å². The molecule has 5 nitrogen and oxygen atoms in total. The van der Waals surface area contributed by atoms with Gasteiger partial charge in [0, 0.05) is 4.88 Å². The van der Waals surface area contributed by atoms with Crippen LogP contribution in [-0.4, -0.2) is 22.0 Å². The van der Waals surface area contributed by atoms with E-state index < -0.39 is 12.0 Å². The number of nitrogens with zero attached hydrogens (tertiary/aromatic N) is 2. The van der Waals surface area contributed by atoms with Crippen molar-refractivity contribution in [3.05, 3.63) is 16.8 Å². The Morgan fingerprint density at radius 2 is 2.14 bits per heavy atom. The average Bonchev–Trinajstić information content (AvgIpc) is 2.86. The van der Waals surface area contributed by atoms with Gasteiger partial charge in [-0.2, -0.15) is 0 Å². The molecule has 0 aliphatic heterocycles. The molecule has 0 aromatic carbocycles. The summed E-state index contributed by atoms with van der Waals surface area (Å²) in [7, 11) is 0. The van der Waals surface area contributed by atoms with Crippen molar-refractivity contribution in [2.24, 2.45) is 5.92 Å². The number of rotatable bonds is 6. The zero-order chi connectivity index (χ0) is 15.6. The van der Waals surface area contributed by atoms with E-state index in [4.69, 9.17) is 0 Å². The zero-order valence-corrected chi connectivity index (χ0v) is 13.6. The number of carbonyl (C=O) groups excluding carboxylic acids is 1. The molecule has 0 unspecified atom stereocenters. The van der Waals surface area contributed by atoms with Gasteiger partial charge in [-0.05, 0) is 25.3 Å². The first-order chi connectivity index (χ1) is 9.96. The second kappa shape index (κ2) is 6.39. The summed E-state index contributed by atoms with van der Waals surface area (Å²) in [5.41, 5.74) is 0. The van der Waals surface area contributed by atoms with Crippen LogP contribution in [0.25, 0.3) is 10.2 Å². The molecule has 0 spiro atoms. The largest absolute Gasteiger partial charge is 0.548 e. The van der Waals surface area contributed by atoms with Crippen molar-refractivity contribution in [2.75, 3.05) is 5.32 Å². The summed E-state index contributed by atoms with van der Waals surface area (Å²) in [6.07, 6.45) is 1.68. The summed E-state index contributed by atoms with van der Waals surface area (Å²) in [4.78, 5) is 22.3. The molecule has 6 heteroatoms. The maximum atomic E-state index is 11.4. The monoisotopic (exact) mass is 306 g/mol. The minimum absolute atomic E-state index is 0.0374. The number of hydrogen-bond acceptors (Lipinski definition) is 6. The topological polar surface area (TPSA) is 77.9 Å². The van der Waals surface area contributed by atoms with Gasteiger partial charge in [0.2, 0.25) is 0 Å². The first-order valence-corrected chi connectivity index (χ1v) is 8.02. The van der Waals surface area contributed by atoms with Gasteiger partial charge in [0.1, 0.15) is 16.5 Å². The second-order valence-electron chi connectivity index (χ2n) is 5.23. The number of carbonyl (C=O) groups is 1. The zero-order valence-electron chi connectivity index (χ0n) is 12.8. The predicted molar refractivity (Wildman–Crippen MR) is 83.4 cm³/mol. The SMILES string of the molecule is CCc1cc2c(N[C@@H](C(=O)[O-])[C@H](C)CC)nc(C)nc2s1. The molecule has 21 heavy (non-hydrogen) atoms. The molecule has 2 aromatic heterocycles. The lowest BCUT2D eigenvalue weighted by Gasteiger charge is -2.26. The van der Waals surface area contributed by atoms with Crippen LogP contribution in [-0.2, 0) is 11.2 Å². The van der Waals surface area contributed by atoms with E-state index in [-0.39, 0.29) is 5.92 Å². The lowest BCUT2D eigenvalue weighted by molar-refractivity contribution is -0.307. The van der Waals surface area contributed by atoms with Crippen molar-refractivity contribution in [1.29, 1.82) is 0 Å². The molecule has 0 bridgehead atoms. The van der Waals surface area contributed by atoms with Crippen LogP contribution in [0.1, 0.15) is 37.9 Å². The highest BCUT2D eigenvalue weighted by molar-refractivity contribution is 7.18. The Balaban J connectivity index is 2.44. The number of aromatic nitrogens is 2. The van der Waals surface area contributed by atoms with E-state index in [2.05, 4.69) is 22.2 Å². The Kier molecular flexibility index (Phi) is 4.77. The fraction of sp³-hybridized carbons (Fsp3) is 0.533. The third-order valence-electron chi connectivity index (χ3n) is 3.66. The summed E-state index contributed by atoms with van der Waals surface area (Å²) in [5.74, 6) is 0.0861. The highest BCUT2D eigenvalue weighted by atomic mass is 32.1. The quantitative estimate of drug-likeness (QED) is 0.884. The Morgan fingerprint density at radius 3 is 2.71 bits per heavy atom. The molecule has 0 radical (unpaired) electrons. The van der Waals surface area contributed by atoms with Crippen LogP contribution in [0, 0.1) is 12.8 Å². The number of aliphatic carboxylic acids is 1. The Labute approximate surface area is 128 Å². The predicted octanol–water partition coefficient (Wildman–Crippen LogP) is 2.14. The third kappa shape index (κ3) is 3.32. The van der Waals surface area contributed by atoms with Crippen LogP contribution in [0.3, 0.4) is 0 Å². The Bertz CT molecular complexity index is 654. The molecule has 2 atom stereocenters. The van der Waals surface area contributed by atoms with E-state index in [0.29, 0.717) is 11.6 Å². The van der Waals surface area contributed by atoms with Crippen LogP contribution in [0.2, 0.25) is 0 Å². The van der Waals surface area contributed by atoms with E-state index in [1.165, 1.54) is 4.88 Å². The van der Waals surface area contributed by atoms with Gasteiger partial charge >= 0.3 is 0 Å². The summed E-state index contributed by atoms with van der Waals surface area (Å²) in [6.45, 7) is 7.75. The third-order valence-corrected chi connectivity index (χ3v) is 4.84. The molecule has 0 saturated carbocycles. The van der Waals surface area contributed by atoms with Crippen molar-refractivity contribution < 1.29 is 9.90 Å². The molecule has 2 heterocycles. The number of carboxylic acids is 1. The highest BCUT2D eigenvalue weighted by Gasteiger charge is 2.19. The van der Waals surface area contributed by atoms with E-state index in [1.54, 1.807) is 11.3 Å². The molecule has 0 aliphatic carbocycles. The van der Waals surface area contributed by atoms with Crippen LogP contribution in [0.4, 0.5) is 5.82 Å². The summed E-state index contributed by atoms with van der Waals surface area (Å²) < 4.78 is 0.